The van der Waals surface area contributed by atoms with Gasteiger partial charge in [-0.2, -0.15) is 0 Å². The van der Waals surface area contributed by atoms with Gasteiger partial charge in [-0.15, -0.1) is 0 Å². The molecule has 4 nitrogen and oxygen atoms in total. The van der Waals surface area contributed by atoms with E-state index >= 15 is 0 Å². The van der Waals surface area contributed by atoms with E-state index in [0.29, 0.717) is 18.6 Å². The van der Waals surface area contributed by atoms with Gasteiger partial charge in [-0.3, -0.25) is 0 Å². The lowest BCUT2D eigenvalue weighted by Crippen LogP contribution is -2.40. The Hall–Kier alpha value is -0.130. The highest BCUT2D eigenvalue weighted by molar-refractivity contribution is 7.91. The first-order valence-electron chi connectivity index (χ1n) is 7.39. The van der Waals surface area contributed by atoms with Crippen molar-refractivity contribution in [1.29, 1.82) is 0 Å². The van der Waals surface area contributed by atoms with Crippen molar-refractivity contribution in [2.75, 3.05) is 26.0 Å². The molecule has 1 aliphatic rings. The summed E-state index contributed by atoms with van der Waals surface area (Å²) in [6, 6.07) is 0.335. The minimum atomic E-state index is -2.88. The van der Waals surface area contributed by atoms with Crippen molar-refractivity contribution >= 4 is 9.84 Å². The molecule has 0 aromatic rings. The Labute approximate surface area is 118 Å². The molecule has 0 amide bonds. The van der Waals surface area contributed by atoms with E-state index in [0.717, 1.165) is 45.3 Å². The van der Waals surface area contributed by atoms with Crippen LogP contribution in [-0.4, -0.2) is 45.7 Å². The summed E-state index contributed by atoms with van der Waals surface area (Å²) in [7, 11) is -2.88. The van der Waals surface area contributed by atoms with Gasteiger partial charge in [-0.05, 0) is 31.6 Å². The molecule has 1 fully saturated rings. The molecule has 1 saturated carbocycles. The van der Waals surface area contributed by atoms with Gasteiger partial charge in [0.1, 0.15) is 9.84 Å². The molecule has 2 unspecified atom stereocenters. The van der Waals surface area contributed by atoms with E-state index in [1.165, 1.54) is 6.26 Å². The van der Waals surface area contributed by atoms with Gasteiger partial charge in [0.25, 0.3) is 0 Å². The van der Waals surface area contributed by atoms with E-state index in [4.69, 9.17) is 4.74 Å². The van der Waals surface area contributed by atoms with Crippen molar-refractivity contribution in [1.82, 2.24) is 5.32 Å². The largest absolute Gasteiger partial charge is 0.380 e. The second-order valence-electron chi connectivity index (χ2n) is 6.06. The summed E-state index contributed by atoms with van der Waals surface area (Å²) in [6.45, 7) is 6.73. The number of ether oxygens (including phenoxy) is 1. The minimum absolute atomic E-state index is 0.152. The first kappa shape index (κ1) is 16.9. The van der Waals surface area contributed by atoms with E-state index in [1.54, 1.807) is 0 Å². The second kappa shape index (κ2) is 8.22. The molecule has 0 aliphatic heterocycles. The lowest BCUT2D eigenvalue weighted by Gasteiger charge is -2.28. The van der Waals surface area contributed by atoms with Crippen molar-refractivity contribution in [2.45, 2.75) is 57.2 Å². The molecule has 19 heavy (non-hydrogen) atoms. The fourth-order valence-electron chi connectivity index (χ4n) is 2.48. The molecule has 0 bridgehead atoms. The molecule has 0 spiro atoms. The van der Waals surface area contributed by atoms with Crippen LogP contribution in [0.1, 0.15) is 46.0 Å². The molecule has 114 valence electrons. The second-order valence-corrected chi connectivity index (χ2v) is 8.39. The van der Waals surface area contributed by atoms with Crippen LogP contribution in [0.25, 0.3) is 0 Å². The van der Waals surface area contributed by atoms with Gasteiger partial charge in [0.05, 0.1) is 11.9 Å². The van der Waals surface area contributed by atoms with Gasteiger partial charge in [-0.25, -0.2) is 8.42 Å². The van der Waals surface area contributed by atoms with Crippen LogP contribution >= 0.6 is 0 Å². The van der Waals surface area contributed by atoms with Crippen molar-refractivity contribution < 1.29 is 13.2 Å². The summed E-state index contributed by atoms with van der Waals surface area (Å²) < 4.78 is 28.7. The summed E-state index contributed by atoms with van der Waals surface area (Å²) in [5.74, 6) is 0.682. The molecule has 1 rings (SSSR count). The molecule has 1 aliphatic carbocycles. The normalized spacial score (nSPS) is 24.8. The Bertz CT molecular complexity index is 341. The van der Waals surface area contributed by atoms with Crippen LogP contribution in [0.3, 0.4) is 0 Å². The highest BCUT2D eigenvalue weighted by Crippen LogP contribution is 2.23. The predicted molar refractivity (Wildman–Crippen MR) is 79.2 cm³/mol. The average molecular weight is 291 g/mol. The van der Waals surface area contributed by atoms with Crippen LogP contribution in [0.2, 0.25) is 0 Å². The predicted octanol–water partition coefficient (Wildman–Crippen LogP) is 1.99. The van der Waals surface area contributed by atoms with Crippen LogP contribution in [0.4, 0.5) is 0 Å². The van der Waals surface area contributed by atoms with Crippen LogP contribution < -0.4 is 5.32 Å². The zero-order valence-corrected chi connectivity index (χ0v) is 13.3. The molecule has 0 radical (unpaired) electrons. The first-order valence-corrected chi connectivity index (χ1v) is 9.35. The zero-order valence-electron chi connectivity index (χ0n) is 12.5. The van der Waals surface area contributed by atoms with Gasteiger partial charge < -0.3 is 10.1 Å². The molecule has 0 aromatic carbocycles. The quantitative estimate of drug-likeness (QED) is 0.695. The van der Waals surface area contributed by atoms with Crippen LogP contribution in [0.5, 0.6) is 0 Å². The van der Waals surface area contributed by atoms with Gasteiger partial charge in [0.15, 0.2) is 0 Å². The number of rotatable bonds is 8. The maximum Gasteiger partial charge on any atom is 0.150 e. The van der Waals surface area contributed by atoms with Crippen LogP contribution in [0, 0.1) is 5.92 Å². The molecular formula is C14H29NO3S. The summed E-state index contributed by atoms with van der Waals surface area (Å²) in [5.41, 5.74) is 0. The Morgan fingerprint density at radius 3 is 2.63 bits per heavy atom. The van der Waals surface area contributed by atoms with E-state index in [2.05, 4.69) is 19.2 Å². The van der Waals surface area contributed by atoms with Gasteiger partial charge in [0, 0.05) is 25.4 Å². The van der Waals surface area contributed by atoms with E-state index in [9.17, 15) is 8.42 Å². The highest BCUT2D eigenvalue weighted by Gasteiger charge is 2.28. The van der Waals surface area contributed by atoms with Gasteiger partial charge in [0.2, 0.25) is 0 Å². The summed E-state index contributed by atoms with van der Waals surface area (Å²) in [6.07, 6.45) is 6.11. The summed E-state index contributed by atoms with van der Waals surface area (Å²) in [4.78, 5) is 0. The number of sulfone groups is 1. The Kier molecular flexibility index (Phi) is 7.32. The third-order valence-electron chi connectivity index (χ3n) is 3.75. The summed E-state index contributed by atoms with van der Waals surface area (Å²) >= 11 is 0. The van der Waals surface area contributed by atoms with Crippen LogP contribution in [0.15, 0.2) is 0 Å². The monoisotopic (exact) mass is 291 g/mol. The number of nitrogens with one attached hydrogen (secondary N) is 1. The molecule has 0 saturated heterocycles. The molecule has 2 atom stereocenters. The Morgan fingerprint density at radius 1 is 1.26 bits per heavy atom. The topological polar surface area (TPSA) is 55.4 Å². The van der Waals surface area contributed by atoms with Gasteiger partial charge >= 0.3 is 0 Å². The standard InChI is InChI=1S/C14H29NO3S/c1-12(2)7-9-18-10-8-15-13-5-4-6-14(11-13)19(3,16)17/h12-15H,4-11H2,1-3H3. The van der Waals surface area contributed by atoms with Crippen molar-refractivity contribution in [3.8, 4) is 0 Å². The van der Waals surface area contributed by atoms with E-state index in [1.807, 2.05) is 0 Å². The van der Waals surface area contributed by atoms with Crippen molar-refractivity contribution in [3.63, 3.8) is 0 Å². The SMILES string of the molecule is CC(C)CCOCCNC1CCCC(S(C)(=O)=O)C1. The smallest absolute Gasteiger partial charge is 0.150 e. The molecule has 1 N–H and O–H groups in total. The van der Waals surface area contributed by atoms with E-state index in [-0.39, 0.29) is 5.25 Å². The Morgan fingerprint density at radius 2 is 2.00 bits per heavy atom. The van der Waals surface area contributed by atoms with E-state index < -0.39 is 9.84 Å². The highest BCUT2D eigenvalue weighted by atomic mass is 32.2. The minimum Gasteiger partial charge on any atom is -0.380 e. The third-order valence-corrected chi connectivity index (χ3v) is 5.39. The maximum atomic E-state index is 11.6. The molecule has 5 heteroatoms. The third kappa shape index (κ3) is 7.28. The summed E-state index contributed by atoms with van der Waals surface area (Å²) in [5, 5.41) is 3.27. The maximum absolute atomic E-state index is 11.6. The van der Waals surface area contributed by atoms with Gasteiger partial charge in [-0.1, -0.05) is 20.3 Å². The zero-order chi connectivity index (χ0) is 14.3. The van der Waals surface area contributed by atoms with Crippen LogP contribution in [-0.2, 0) is 14.6 Å². The van der Waals surface area contributed by atoms with Crippen molar-refractivity contribution in [2.24, 2.45) is 5.92 Å². The lowest BCUT2D eigenvalue weighted by molar-refractivity contribution is 0.122. The first-order chi connectivity index (χ1) is 8.89. The molecular weight excluding hydrogens is 262 g/mol. The lowest BCUT2D eigenvalue weighted by atomic mass is 9.95. The average Bonchev–Trinajstić information content (AvgIpc) is 2.32. The number of hydrogen-bond donors (Lipinski definition) is 1. The number of hydrogen-bond acceptors (Lipinski definition) is 4. The Balaban J connectivity index is 2.13. The molecule has 0 aromatic heterocycles. The fourth-order valence-corrected chi connectivity index (χ4v) is 3.65. The fraction of sp³-hybridized carbons (Fsp3) is 1.00. The molecule has 0 heterocycles. The van der Waals surface area contributed by atoms with Crippen molar-refractivity contribution in [3.05, 3.63) is 0 Å².